The van der Waals surface area contributed by atoms with Crippen LogP contribution in [0.2, 0.25) is 0 Å². The van der Waals surface area contributed by atoms with E-state index in [-0.39, 0.29) is 0 Å². The molecule has 0 aliphatic carbocycles. The van der Waals surface area contributed by atoms with Gasteiger partial charge < -0.3 is 9.30 Å². The molecule has 1 unspecified atom stereocenters. The number of aryl methyl sites for hydroxylation is 3. The van der Waals surface area contributed by atoms with Crippen LogP contribution in [0.4, 0.5) is 5.69 Å². The molecule has 0 spiro atoms. The Labute approximate surface area is 142 Å². The highest BCUT2D eigenvalue weighted by Gasteiger charge is 2.17. The summed E-state index contributed by atoms with van der Waals surface area (Å²) in [6, 6.07) is 6.54. The molecule has 0 saturated carbocycles. The van der Waals surface area contributed by atoms with E-state index in [0.717, 1.165) is 37.2 Å². The molecule has 4 heteroatoms. The molecule has 0 bridgehead atoms. The van der Waals surface area contributed by atoms with E-state index >= 15 is 0 Å². The summed E-state index contributed by atoms with van der Waals surface area (Å²) in [7, 11) is 0. The van der Waals surface area contributed by atoms with Crippen molar-refractivity contribution >= 4 is 17.0 Å². The number of nitrogens with zero attached hydrogens (tertiary/aromatic N) is 2. The Bertz CT molecular complexity index is 701. The predicted molar refractivity (Wildman–Crippen MR) is 96.4 cm³/mol. The molecule has 2 aromatic rings. The lowest BCUT2D eigenvalue weighted by molar-refractivity contribution is 0.0959. The lowest BCUT2D eigenvalue weighted by Gasteiger charge is -2.13. The number of para-hydroxylation sites is 1. The van der Waals surface area contributed by atoms with E-state index in [4.69, 9.17) is 9.73 Å². The van der Waals surface area contributed by atoms with E-state index in [1.54, 1.807) is 11.3 Å². The number of thiazole rings is 1. The lowest BCUT2D eigenvalue weighted by atomic mass is 10.0. The fourth-order valence-electron chi connectivity index (χ4n) is 3.17. The molecule has 1 saturated heterocycles. The van der Waals surface area contributed by atoms with Crippen LogP contribution in [0.5, 0.6) is 0 Å². The smallest absolute Gasteiger partial charge is 0.190 e. The molecule has 1 aliphatic heterocycles. The number of aromatic nitrogens is 1. The SMILES string of the molecule is CCc1cccc(CC)c1N=c1scc(C)n1CC1CCCO1. The van der Waals surface area contributed by atoms with Crippen LogP contribution in [0.15, 0.2) is 28.6 Å². The molecule has 1 atom stereocenters. The minimum atomic E-state index is 0.342. The molecule has 23 heavy (non-hydrogen) atoms. The first-order valence-corrected chi connectivity index (χ1v) is 9.53. The molecule has 1 aliphatic rings. The summed E-state index contributed by atoms with van der Waals surface area (Å²) >= 11 is 1.73. The van der Waals surface area contributed by atoms with E-state index in [1.807, 2.05) is 0 Å². The van der Waals surface area contributed by atoms with Crippen molar-refractivity contribution < 1.29 is 4.74 Å². The summed E-state index contributed by atoms with van der Waals surface area (Å²) < 4.78 is 8.14. The third-order valence-corrected chi connectivity index (χ3v) is 5.56. The fraction of sp³-hybridized carbons (Fsp3) is 0.526. The maximum absolute atomic E-state index is 5.82. The van der Waals surface area contributed by atoms with Crippen molar-refractivity contribution in [2.45, 2.75) is 59.1 Å². The van der Waals surface area contributed by atoms with Gasteiger partial charge in [0, 0.05) is 17.7 Å². The van der Waals surface area contributed by atoms with Gasteiger partial charge in [-0.05, 0) is 43.7 Å². The molecule has 3 nitrogen and oxygen atoms in total. The Morgan fingerprint density at radius 3 is 2.61 bits per heavy atom. The Balaban J connectivity index is 2.03. The van der Waals surface area contributed by atoms with Crippen LogP contribution in [0.3, 0.4) is 0 Å². The van der Waals surface area contributed by atoms with Gasteiger partial charge >= 0.3 is 0 Å². The second-order valence-corrected chi connectivity index (χ2v) is 6.99. The van der Waals surface area contributed by atoms with Crippen molar-refractivity contribution in [3.63, 3.8) is 0 Å². The zero-order valence-electron chi connectivity index (χ0n) is 14.3. The Morgan fingerprint density at radius 2 is 2.00 bits per heavy atom. The summed E-state index contributed by atoms with van der Waals surface area (Å²) in [6.07, 6.45) is 4.72. The summed E-state index contributed by atoms with van der Waals surface area (Å²) in [4.78, 5) is 6.16. The highest BCUT2D eigenvalue weighted by Crippen LogP contribution is 2.25. The van der Waals surface area contributed by atoms with Gasteiger partial charge in [-0.1, -0.05) is 32.0 Å². The van der Waals surface area contributed by atoms with E-state index in [1.165, 1.54) is 28.9 Å². The van der Waals surface area contributed by atoms with Crippen molar-refractivity contribution in [2.75, 3.05) is 6.61 Å². The molecule has 1 aromatic heterocycles. The van der Waals surface area contributed by atoms with Gasteiger partial charge in [-0.15, -0.1) is 11.3 Å². The zero-order chi connectivity index (χ0) is 16.2. The first-order valence-electron chi connectivity index (χ1n) is 8.65. The maximum Gasteiger partial charge on any atom is 0.190 e. The highest BCUT2D eigenvalue weighted by molar-refractivity contribution is 7.07. The van der Waals surface area contributed by atoms with Gasteiger partial charge in [0.1, 0.15) is 0 Å². The van der Waals surface area contributed by atoms with E-state index in [0.29, 0.717) is 6.10 Å². The quantitative estimate of drug-likeness (QED) is 0.798. The molecule has 1 aromatic carbocycles. The largest absolute Gasteiger partial charge is 0.376 e. The molecule has 0 N–H and O–H groups in total. The number of hydrogen-bond donors (Lipinski definition) is 0. The summed E-state index contributed by atoms with van der Waals surface area (Å²) in [5.41, 5.74) is 5.11. The monoisotopic (exact) mass is 330 g/mol. The van der Waals surface area contributed by atoms with Gasteiger partial charge in [0.05, 0.1) is 18.3 Å². The van der Waals surface area contributed by atoms with Crippen molar-refractivity contribution in [3.05, 3.63) is 45.2 Å². The topological polar surface area (TPSA) is 26.5 Å². The predicted octanol–water partition coefficient (Wildman–Crippen LogP) is 4.39. The van der Waals surface area contributed by atoms with Gasteiger partial charge in [0.2, 0.25) is 0 Å². The summed E-state index contributed by atoms with van der Waals surface area (Å²) in [5.74, 6) is 0. The first-order chi connectivity index (χ1) is 11.2. The Kier molecular flexibility index (Phi) is 5.34. The van der Waals surface area contributed by atoms with Crippen LogP contribution >= 0.6 is 11.3 Å². The van der Waals surface area contributed by atoms with Crippen LogP contribution in [-0.4, -0.2) is 17.3 Å². The van der Waals surface area contributed by atoms with Crippen LogP contribution in [0.25, 0.3) is 0 Å². The fourth-order valence-corrected chi connectivity index (χ4v) is 4.06. The number of rotatable bonds is 5. The van der Waals surface area contributed by atoms with Gasteiger partial charge in [-0.2, -0.15) is 0 Å². The highest BCUT2D eigenvalue weighted by atomic mass is 32.1. The van der Waals surface area contributed by atoms with E-state index in [9.17, 15) is 0 Å². The zero-order valence-corrected chi connectivity index (χ0v) is 15.2. The number of benzene rings is 1. The number of ether oxygens (including phenoxy) is 1. The van der Waals surface area contributed by atoms with Crippen LogP contribution in [0, 0.1) is 6.92 Å². The molecule has 2 heterocycles. The summed E-state index contributed by atoms with van der Waals surface area (Å²) in [5, 5.41) is 2.20. The van der Waals surface area contributed by atoms with Gasteiger partial charge in [-0.25, -0.2) is 4.99 Å². The molecule has 0 amide bonds. The molecule has 0 radical (unpaired) electrons. The third-order valence-electron chi connectivity index (χ3n) is 4.57. The standard InChI is InChI=1S/C19H26N2OS/c1-4-15-8-6-9-16(5-2)18(15)20-19-21(14(3)13-23-19)12-17-10-7-11-22-17/h6,8-9,13,17H,4-5,7,10-12H2,1-3H3. The first kappa shape index (κ1) is 16.5. The Morgan fingerprint density at radius 1 is 1.26 bits per heavy atom. The molecule has 1 fully saturated rings. The average molecular weight is 330 g/mol. The van der Waals surface area contributed by atoms with Gasteiger partial charge in [0.15, 0.2) is 4.80 Å². The summed E-state index contributed by atoms with van der Waals surface area (Å²) in [6.45, 7) is 8.39. The lowest BCUT2D eigenvalue weighted by Crippen LogP contribution is -2.24. The molecule has 3 rings (SSSR count). The second-order valence-electron chi connectivity index (χ2n) is 6.15. The Hall–Kier alpha value is -1.39. The average Bonchev–Trinajstić information content (AvgIpc) is 3.20. The van der Waals surface area contributed by atoms with Crippen molar-refractivity contribution in [1.29, 1.82) is 0 Å². The van der Waals surface area contributed by atoms with Crippen molar-refractivity contribution in [3.8, 4) is 0 Å². The van der Waals surface area contributed by atoms with E-state index < -0.39 is 0 Å². The van der Waals surface area contributed by atoms with Crippen LogP contribution < -0.4 is 4.80 Å². The second kappa shape index (κ2) is 7.45. The van der Waals surface area contributed by atoms with Gasteiger partial charge in [0.25, 0.3) is 0 Å². The van der Waals surface area contributed by atoms with Crippen molar-refractivity contribution in [1.82, 2.24) is 4.57 Å². The van der Waals surface area contributed by atoms with E-state index in [2.05, 4.69) is 48.9 Å². The van der Waals surface area contributed by atoms with Gasteiger partial charge in [-0.3, -0.25) is 0 Å². The molecular weight excluding hydrogens is 304 g/mol. The van der Waals surface area contributed by atoms with Crippen LogP contribution in [0.1, 0.15) is 43.5 Å². The van der Waals surface area contributed by atoms with Crippen molar-refractivity contribution in [2.24, 2.45) is 4.99 Å². The normalized spacial score (nSPS) is 18.7. The third kappa shape index (κ3) is 3.59. The number of hydrogen-bond acceptors (Lipinski definition) is 3. The minimum Gasteiger partial charge on any atom is -0.376 e. The molecule has 124 valence electrons. The van der Waals surface area contributed by atoms with Crippen LogP contribution in [-0.2, 0) is 24.1 Å². The minimum absolute atomic E-state index is 0.342. The molecular formula is C19H26N2OS. The maximum atomic E-state index is 5.82.